The third-order valence-corrected chi connectivity index (χ3v) is 4.28. The summed E-state index contributed by atoms with van der Waals surface area (Å²) in [6, 6.07) is 5.50. The molecule has 4 nitrogen and oxygen atoms in total. The number of rotatable bonds is 8. The standard InChI is InChI=1S/C16H25BrN2O2/c1-11(2)12(8-9-18)4-7-16(20)19-13-5-6-15(21-3)14(17)10-13/h5-6,10-12H,4,7-9,18H2,1-3H3,(H,19,20). The highest BCUT2D eigenvalue weighted by Gasteiger charge is 2.14. The molecule has 0 bridgehead atoms. The number of hydrogen-bond acceptors (Lipinski definition) is 3. The van der Waals surface area contributed by atoms with E-state index in [0.717, 1.165) is 28.8 Å². The van der Waals surface area contributed by atoms with Gasteiger partial charge in [-0.1, -0.05) is 13.8 Å². The van der Waals surface area contributed by atoms with Crippen molar-refractivity contribution in [2.24, 2.45) is 17.6 Å². The maximum Gasteiger partial charge on any atom is 0.224 e. The molecule has 0 radical (unpaired) electrons. The molecule has 0 aliphatic carbocycles. The molecule has 118 valence electrons. The van der Waals surface area contributed by atoms with Gasteiger partial charge in [0.2, 0.25) is 5.91 Å². The minimum Gasteiger partial charge on any atom is -0.496 e. The van der Waals surface area contributed by atoms with Crippen molar-refractivity contribution in [3.05, 3.63) is 22.7 Å². The maximum absolute atomic E-state index is 12.0. The second-order valence-corrected chi connectivity index (χ2v) is 6.37. The predicted octanol–water partition coefficient (Wildman–Crippen LogP) is 3.80. The van der Waals surface area contributed by atoms with Crippen molar-refractivity contribution in [1.82, 2.24) is 0 Å². The van der Waals surface area contributed by atoms with Crippen molar-refractivity contribution in [2.45, 2.75) is 33.1 Å². The topological polar surface area (TPSA) is 64.3 Å². The lowest BCUT2D eigenvalue weighted by molar-refractivity contribution is -0.116. The molecule has 0 spiro atoms. The van der Waals surface area contributed by atoms with Crippen molar-refractivity contribution in [3.8, 4) is 5.75 Å². The van der Waals surface area contributed by atoms with Crippen LogP contribution in [0.2, 0.25) is 0 Å². The van der Waals surface area contributed by atoms with Gasteiger partial charge >= 0.3 is 0 Å². The fraction of sp³-hybridized carbons (Fsp3) is 0.562. The number of halogens is 1. The van der Waals surface area contributed by atoms with E-state index >= 15 is 0 Å². The van der Waals surface area contributed by atoms with Crippen molar-refractivity contribution in [1.29, 1.82) is 0 Å². The predicted molar refractivity (Wildman–Crippen MR) is 90.6 cm³/mol. The summed E-state index contributed by atoms with van der Waals surface area (Å²) in [7, 11) is 1.61. The van der Waals surface area contributed by atoms with E-state index in [9.17, 15) is 4.79 Å². The van der Waals surface area contributed by atoms with Gasteiger partial charge in [-0.2, -0.15) is 0 Å². The number of nitrogens with one attached hydrogen (secondary N) is 1. The van der Waals surface area contributed by atoms with E-state index in [0.29, 0.717) is 24.8 Å². The molecule has 1 unspecified atom stereocenters. The van der Waals surface area contributed by atoms with Crippen molar-refractivity contribution in [3.63, 3.8) is 0 Å². The smallest absolute Gasteiger partial charge is 0.224 e. The van der Waals surface area contributed by atoms with Crippen LogP contribution in [0.15, 0.2) is 22.7 Å². The number of anilines is 1. The van der Waals surface area contributed by atoms with E-state index in [2.05, 4.69) is 35.1 Å². The van der Waals surface area contributed by atoms with Gasteiger partial charge in [-0.3, -0.25) is 4.79 Å². The van der Waals surface area contributed by atoms with Gasteiger partial charge in [0.05, 0.1) is 11.6 Å². The SMILES string of the molecule is COc1ccc(NC(=O)CCC(CCN)C(C)C)cc1Br. The molecule has 1 atom stereocenters. The summed E-state index contributed by atoms with van der Waals surface area (Å²) in [6.07, 6.45) is 2.36. The number of benzene rings is 1. The number of hydrogen-bond donors (Lipinski definition) is 2. The van der Waals surface area contributed by atoms with Gasteiger partial charge in [-0.25, -0.2) is 0 Å². The first-order chi connectivity index (χ1) is 9.97. The monoisotopic (exact) mass is 356 g/mol. The Labute approximate surface area is 135 Å². The first kappa shape index (κ1) is 18.0. The van der Waals surface area contributed by atoms with Gasteiger partial charge in [0, 0.05) is 12.1 Å². The third kappa shape index (κ3) is 6.06. The van der Waals surface area contributed by atoms with Crippen LogP contribution >= 0.6 is 15.9 Å². The molecule has 1 aromatic rings. The molecule has 0 aromatic heterocycles. The van der Waals surface area contributed by atoms with Gasteiger partial charge in [0.1, 0.15) is 5.75 Å². The van der Waals surface area contributed by atoms with Crippen LogP contribution < -0.4 is 15.8 Å². The summed E-state index contributed by atoms with van der Waals surface area (Å²) in [6.45, 7) is 5.04. The Balaban J connectivity index is 2.51. The summed E-state index contributed by atoms with van der Waals surface area (Å²) in [5.41, 5.74) is 6.39. The van der Waals surface area contributed by atoms with Crippen LogP contribution in [0.1, 0.15) is 33.1 Å². The minimum absolute atomic E-state index is 0.0368. The zero-order chi connectivity index (χ0) is 15.8. The number of carbonyl (C=O) groups is 1. The summed E-state index contributed by atoms with van der Waals surface area (Å²) < 4.78 is 5.99. The second-order valence-electron chi connectivity index (χ2n) is 5.52. The summed E-state index contributed by atoms with van der Waals surface area (Å²) in [5.74, 6) is 1.84. The molecule has 21 heavy (non-hydrogen) atoms. The average Bonchev–Trinajstić information content (AvgIpc) is 2.43. The molecular weight excluding hydrogens is 332 g/mol. The highest BCUT2D eigenvalue weighted by molar-refractivity contribution is 9.10. The highest BCUT2D eigenvalue weighted by Crippen LogP contribution is 2.28. The third-order valence-electron chi connectivity index (χ3n) is 3.66. The van der Waals surface area contributed by atoms with Gasteiger partial charge in [-0.15, -0.1) is 0 Å². The first-order valence-corrected chi connectivity index (χ1v) is 8.10. The Morgan fingerprint density at radius 3 is 2.62 bits per heavy atom. The Morgan fingerprint density at radius 1 is 1.38 bits per heavy atom. The quantitative estimate of drug-likeness (QED) is 0.744. The maximum atomic E-state index is 12.0. The van der Waals surface area contributed by atoms with Crippen LogP contribution in [-0.4, -0.2) is 19.6 Å². The van der Waals surface area contributed by atoms with Gasteiger partial charge in [0.25, 0.3) is 0 Å². The summed E-state index contributed by atoms with van der Waals surface area (Å²) in [5, 5.41) is 2.91. The van der Waals surface area contributed by atoms with Crippen LogP contribution in [0, 0.1) is 11.8 Å². The van der Waals surface area contributed by atoms with E-state index in [1.807, 2.05) is 18.2 Å². The molecule has 0 aliphatic rings. The van der Waals surface area contributed by atoms with Crippen LogP contribution in [0.25, 0.3) is 0 Å². The Hall–Kier alpha value is -1.07. The number of amides is 1. The van der Waals surface area contributed by atoms with Crippen LogP contribution in [-0.2, 0) is 4.79 Å². The molecule has 0 fully saturated rings. The Kier molecular flexibility index (Phi) is 7.75. The zero-order valence-electron chi connectivity index (χ0n) is 13.0. The highest BCUT2D eigenvalue weighted by atomic mass is 79.9. The molecule has 3 N–H and O–H groups in total. The number of nitrogens with two attached hydrogens (primary N) is 1. The first-order valence-electron chi connectivity index (χ1n) is 7.31. The van der Waals surface area contributed by atoms with Gasteiger partial charge < -0.3 is 15.8 Å². The van der Waals surface area contributed by atoms with Crippen molar-refractivity contribution in [2.75, 3.05) is 19.0 Å². The molecule has 1 aromatic carbocycles. The van der Waals surface area contributed by atoms with Gasteiger partial charge in [-0.05, 0) is 65.4 Å². The van der Waals surface area contributed by atoms with Crippen molar-refractivity contribution < 1.29 is 9.53 Å². The van der Waals surface area contributed by atoms with E-state index < -0.39 is 0 Å². The summed E-state index contributed by atoms with van der Waals surface area (Å²) in [4.78, 5) is 12.0. The normalized spacial score (nSPS) is 12.3. The molecule has 1 rings (SSSR count). The van der Waals surface area contributed by atoms with Crippen LogP contribution in [0.3, 0.4) is 0 Å². The van der Waals surface area contributed by atoms with E-state index in [4.69, 9.17) is 10.5 Å². The Morgan fingerprint density at radius 2 is 2.10 bits per heavy atom. The molecule has 1 amide bonds. The Bertz CT molecular complexity index is 464. The fourth-order valence-corrected chi connectivity index (χ4v) is 2.85. The molecule has 0 aliphatic heterocycles. The van der Waals surface area contributed by atoms with E-state index in [1.54, 1.807) is 7.11 Å². The van der Waals surface area contributed by atoms with Crippen molar-refractivity contribution >= 4 is 27.5 Å². The summed E-state index contributed by atoms with van der Waals surface area (Å²) >= 11 is 3.41. The lowest BCUT2D eigenvalue weighted by atomic mass is 9.88. The molecule has 0 heterocycles. The van der Waals surface area contributed by atoms with E-state index in [1.165, 1.54) is 0 Å². The molecular formula is C16H25BrN2O2. The number of ether oxygens (including phenoxy) is 1. The van der Waals surface area contributed by atoms with E-state index in [-0.39, 0.29) is 5.91 Å². The lowest BCUT2D eigenvalue weighted by Crippen LogP contribution is -2.18. The largest absolute Gasteiger partial charge is 0.496 e. The number of methoxy groups -OCH3 is 1. The zero-order valence-corrected chi connectivity index (χ0v) is 14.6. The van der Waals surface area contributed by atoms with Gasteiger partial charge in [0.15, 0.2) is 0 Å². The van der Waals surface area contributed by atoms with Crippen LogP contribution in [0.4, 0.5) is 5.69 Å². The fourth-order valence-electron chi connectivity index (χ4n) is 2.31. The molecule has 5 heteroatoms. The lowest BCUT2D eigenvalue weighted by Gasteiger charge is -2.19. The molecule has 0 saturated carbocycles. The number of carbonyl (C=O) groups excluding carboxylic acids is 1. The molecule has 0 saturated heterocycles. The second kappa shape index (κ2) is 9.05. The minimum atomic E-state index is 0.0368. The average molecular weight is 357 g/mol. The van der Waals surface area contributed by atoms with Crippen LogP contribution in [0.5, 0.6) is 5.75 Å².